The van der Waals surface area contributed by atoms with Gasteiger partial charge in [0.25, 0.3) is 0 Å². The Morgan fingerprint density at radius 3 is 2.43 bits per heavy atom. The molecule has 1 aromatic carbocycles. The lowest BCUT2D eigenvalue weighted by Crippen LogP contribution is -2.33. The van der Waals surface area contributed by atoms with Crippen LogP contribution in [0.15, 0.2) is 24.3 Å². The monoisotopic (exact) mass is 312 g/mol. The van der Waals surface area contributed by atoms with Crippen LogP contribution in [0.3, 0.4) is 0 Å². The number of nitrogens with zero attached hydrogens (tertiary/aromatic N) is 1. The molecule has 5 heteroatoms. The second-order valence-electron chi connectivity index (χ2n) is 5.22. The summed E-state index contributed by atoms with van der Waals surface area (Å²) in [6.45, 7) is 8.31. The molecule has 0 atom stereocenters. The standard InChI is InChI=1S/C16H28N2O2S/c1-4-12-17-13-8-9-14-21(19,20)18(5-2)16-11-7-6-10-15(16)3/h6-7,10-11,17H,4-5,8-9,12-14H2,1-3H3. The van der Waals surface area contributed by atoms with Gasteiger partial charge < -0.3 is 5.32 Å². The van der Waals surface area contributed by atoms with Gasteiger partial charge in [0.1, 0.15) is 0 Å². The predicted molar refractivity (Wildman–Crippen MR) is 90.4 cm³/mol. The van der Waals surface area contributed by atoms with E-state index in [9.17, 15) is 8.42 Å². The topological polar surface area (TPSA) is 49.4 Å². The number of aryl methyl sites for hydroxylation is 1. The molecule has 1 aromatic rings. The van der Waals surface area contributed by atoms with E-state index < -0.39 is 10.0 Å². The van der Waals surface area contributed by atoms with Gasteiger partial charge in [0.05, 0.1) is 11.4 Å². The Kier molecular flexibility index (Phi) is 7.75. The Balaban J connectivity index is 2.61. The lowest BCUT2D eigenvalue weighted by molar-refractivity contribution is 0.582. The molecular formula is C16H28N2O2S. The van der Waals surface area contributed by atoms with Gasteiger partial charge in [-0.2, -0.15) is 0 Å². The van der Waals surface area contributed by atoms with Gasteiger partial charge in [-0.25, -0.2) is 8.42 Å². The molecule has 4 nitrogen and oxygen atoms in total. The van der Waals surface area contributed by atoms with Crippen molar-refractivity contribution in [1.29, 1.82) is 0 Å². The zero-order valence-electron chi connectivity index (χ0n) is 13.4. The van der Waals surface area contributed by atoms with Crippen molar-refractivity contribution in [2.24, 2.45) is 0 Å². The maximum Gasteiger partial charge on any atom is 0.235 e. The SMILES string of the molecule is CCCNCCCCS(=O)(=O)N(CC)c1ccccc1C. The third-order valence-corrected chi connectivity index (χ3v) is 5.37. The van der Waals surface area contributed by atoms with E-state index in [1.54, 1.807) is 0 Å². The number of nitrogens with one attached hydrogen (secondary N) is 1. The van der Waals surface area contributed by atoms with Gasteiger partial charge in [0.15, 0.2) is 0 Å². The van der Waals surface area contributed by atoms with Crippen LogP contribution in [0.1, 0.15) is 38.7 Å². The lowest BCUT2D eigenvalue weighted by Gasteiger charge is -2.24. The van der Waals surface area contributed by atoms with E-state index in [2.05, 4.69) is 12.2 Å². The molecule has 0 aliphatic heterocycles. The van der Waals surface area contributed by atoms with E-state index in [0.717, 1.165) is 37.2 Å². The molecule has 0 aromatic heterocycles. The van der Waals surface area contributed by atoms with Crippen molar-refractivity contribution in [3.05, 3.63) is 29.8 Å². The summed E-state index contributed by atoms with van der Waals surface area (Å²) in [6, 6.07) is 7.63. The summed E-state index contributed by atoms with van der Waals surface area (Å²) >= 11 is 0. The van der Waals surface area contributed by atoms with Gasteiger partial charge in [-0.05, 0) is 57.8 Å². The van der Waals surface area contributed by atoms with E-state index in [1.807, 2.05) is 38.1 Å². The number of hydrogen-bond donors (Lipinski definition) is 1. The Morgan fingerprint density at radius 1 is 1.10 bits per heavy atom. The van der Waals surface area contributed by atoms with Crippen LogP contribution in [0.4, 0.5) is 5.69 Å². The fourth-order valence-electron chi connectivity index (χ4n) is 2.31. The van der Waals surface area contributed by atoms with Crippen LogP contribution in [0.2, 0.25) is 0 Å². The highest BCUT2D eigenvalue weighted by atomic mass is 32.2. The second kappa shape index (κ2) is 9.05. The van der Waals surface area contributed by atoms with Gasteiger partial charge >= 0.3 is 0 Å². The van der Waals surface area contributed by atoms with E-state index in [1.165, 1.54) is 4.31 Å². The number of benzene rings is 1. The van der Waals surface area contributed by atoms with E-state index >= 15 is 0 Å². The van der Waals surface area contributed by atoms with Crippen molar-refractivity contribution in [2.45, 2.75) is 40.0 Å². The number of unbranched alkanes of at least 4 members (excludes halogenated alkanes) is 1. The van der Waals surface area contributed by atoms with Gasteiger partial charge in [0, 0.05) is 6.54 Å². The summed E-state index contributed by atoms with van der Waals surface area (Å²) in [6.07, 6.45) is 2.70. The van der Waals surface area contributed by atoms with Crippen molar-refractivity contribution in [3.8, 4) is 0 Å². The van der Waals surface area contributed by atoms with E-state index in [0.29, 0.717) is 13.0 Å². The van der Waals surface area contributed by atoms with E-state index in [4.69, 9.17) is 0 Å². The quantitative estimate of drug-likeness (QED) is 0.676. The van der Waals surface area contributed by atoms with Crippen molar-refractivity contribution < 1.29 is 8.42 Å². The van der Waals surface area contributed by atoms with Crippen molar-refractivity contribution in [1.82, 2.24) is 5.32 Å². The Labute approximate surface area is 129 Å². The summed E-state index contributed by atoms with van der Waals surface area (Å²) < 4.78 is 26.5. The maximum atomic E-state index is 12.5. The summed E-state index contributed by atoms with van der Waals surface area (Å²) in [7, 11) is -3.24. The van der Waals surface area contributed by atoms with Gasteiger partial charge in [0.2, 0.25) is 10.0 Å². The number of anilines is 1. The first kappa shape index (κ1) is 18.0. The molecule has 0 aliphatic carbocycles. The van der Waals surface area contributed by atoms with Crippen molar-refractivity contribution >= 4 is 15.7 Å². The lowest BCUT2D eigenvalue weighted by atomic mass is 10.2. The Morgan fingerprint density at radius 2 is 1.81 bits per heavy atom. The zero-order valence-corrected chi connectivity index (χ0v) is 14.2. The van der Waals surface area contributed by atoms with E-state index in [-0.39, 0.29) is 5.75 Å². The molecule has 0 aliphatic rings. The van der Waals surface area contributed by atoms with Gasteiger partial charge in [-0.15, -0.1) is 0 Å². The summed E-state index contributed by atoms with van der Waals surface area (Å²) in [5, 5.41) is 3.30. The summed E-state index contributed by atoms with van der Waals surface area (Å²) in [5.74, 6) is 0.211. The fourth-order valence-corrected chi connectivity index (χ4v) is 3.99. The largest absolute Gasteiger partial charge is 0.317 e. The Bertz CT molecular complexity index is 515. The minimum Gasteiger partial charge on any atom is -0.317 e. The van der Waals surface area contributed by atoms with Crippen molar-refractivity contribution in [2.75, 3.05) is 29.7 Å². The third-order valence-electron chi connectivity index (χ3n) is 3.44. The number of hydrogen-bond acceptors (Lipinski definition) is 3. The number of rotatable bonds is 10. The molecule has 0 radical (unpaired) electrons. The molecule has 0 saturated heterocycles. The first-order valence-electron chi connectivity index (χ1n) is 7.79. The van der Waals surface area contributed by atoms with Crippen LogP contribution in [0.5, 0.6) is 0 Å². The van der Waals surface area contributed by atoms with Gasteiger partial charge in [-0.1, -0.05) is 25.1 Å². The average Bonchev–Trinajstić information content (AvgIpc) is 2.45. The zero-order chi connectivity index (χ0) is 15.7. The molecule has 0 fully saturated rings. The molecule has 0 saturated carbocycles. The van der Waals surface area contributed by atoms with Gasteiger partial charge in [-0.3, -0.25) is 4.31 Å². The van der Waals surface area contributed by atoms with Crippen LogP contribution in [0.25, 0.3) is 0 Å². The smallest absolute Gasteiger partial charge is 0.235 e. The van der Waals surface area contributed by atoms with Crippen LogP contribution in [-0.4, -0.2) is 33.8 Å². The van der Waals surface area contributed by atoms with Crippen LogP contribution >= 0.6 is 0 Å². The highest BCUT2D eigenvalue weighted by Gasteiger charge is 2.21. The molecule has 1 N–H and O–H groups in total. The molecule has 0 amide bonds. The van der Waals surface area contributed by atoms with Crippen LogP contribution < -0.4 is 9.62 Å². The first-order valence-corrected chi connectivity index (χ1v) is 9.40. The number of sulfonamides is 1. The van der Waals surface area contributed by atoms with Crippen LogP contribution in [-0.2, 0) is 10.0 Å². The molecule has 0 heterocycles. The number of para-hydroxylation sites is 1. The summed E-state index contributed by atoms with van der Waals surface area (Å²) in [4.78, 5) is 0. The highest BCUT2D eigenvalue weighted by molar-refractivity contribution is 7.92. The molecule has 0 unspecified atom stereocenters. The molecule has 1 rings (SSSR count). The minimum atomic E-state index is -3.24. The predicted octanol–water partition coefficient (Wildman–Crippen LogP) is 2.93. The molecule has 0 spiro atoms. The second-order valence-corrected chi connectivity index (χ2v) is 7.24. The molecule has 21 heavy (non-hydrogen) atoms. The first-order chi connectivity index (χ1) is 10.0. The normalized spacial score (nSPS) is 11.6. The molecule has 0 bridgehead atoms. The highest BCUT2D eigenvalue weighted by Crippen LogP contribution is 2.22. The summed E-state index contributed by atoms with van der Waals surface area (Å²) in [5.41, 5.74) is 1.79. The van der Waals surface area contributed by atoms with Crippen LogP contribution in [0, 0.1) is 6.92 Å². The third kappa shape index (κ3) is 5.67. The maximum absolute atomic E-state index is 12.5. The Hall–Kier alpha value is -1.07. The average molecular weight is 312 g/mol. The minimum absolute atomic E-state index is 0.211. The van der Waals surface area contributed by atoms with Crippen molar-refractivity contribution in [3.63, 3.8) is 0 Å². The molecule has 120 valence electrons. The fraction of sp³-hybridized carbons (Fsp3) is 0.625. The molecular weight excluding hydrogens is 284 g/mol.